The van der Waals surface area contributed by atoms with Crippen molar-refractivity contribution >= 4 is 17.2 Å². The predicted molar refractivity (Wildman–Crippen MR) is 91.5 cm³/mol. The van der Waals surface area contributed by atoms with Gasteiger partial charge in [0.2, 0.25) is 0 Å². The third kappa shape index (κ3) is 4.32. The number of nitrogens with one attached hydrogen (secondary N) is 1. The van der Waals surface area contributed by atoms with E-state index in [0.29, 0.717) is 23.8 Å². The van der Waals surface area contributed by atoms with Gasteiger partial charge in [0, 0.05) is 17.0 Å². The molecule has 2 rings (SSSR count). The van der Waals surface area contributed by atoms with Crippen molar-refractivity contribution in [2.24, 2.45) is 5.73 Å². The Morgan fingerprint density at radius 2 is 2.00 bits per heavy atom. The molecule has 2 aromatic rings. The van der Waals surface area contributed by atoms with Crippen LogP contribution >= 0.6 is 11.3 Å². The largest absolute Gasteiger partial charge is 0.492 e. The minimum absolute atomic E-state index is 0.144. The number of hydrogen-bond acceptors (Lipinski definition) is 4. The topological polar surface area (TPSA) is 64.3 Å². The predicted octanol–water partition coefficient (Wildman–Crippen LogP) is 3.28. The van der Waals surface area contributed by atoms with Gasteiger partial charge < -0.3 is 15.8 Å². The molecule has 1 aromatic carbocycles. The molecule has 0 spiro atoms. The van der Waals surface area contributed by atoms with Gasteiger partial charge in [0.25, 0.3) is 5.91 Å². The van der Waals surface area contributed by atoms with Crippen LogP contribution in [0.3, 0.4) is 0 Å². The number of ether oxygens (including phenoxy) is 1. The third-order valence-corrected chi connectivity index (χ3v) is 4.13. The number of nitrogens with two attached hydrogens (primary N) is 1. The Hall–Kier alpha value is -1.85. The summed E-state index contributed by atoms with van der Waals surface area (Å²) in [6.07, 6.45) is 0. The van der Waals surface area contributed by atoms with Crippen LogP contribution in [0.25, 0.3) is 10.4 Å². The summed E-state index contributed by atoms with van der Waals surface area (Å²) in [6.45, 7) is 6.59. The third-order valence-electron chi connectivity index (χ3n) is 2.97. The van der Waals surface area contributed by atoms with E-state index >= 15 is 0 Å². The minimum atomic E-state index is -0.443. The first-order valence-electron chi connectivity index (χ1n) is 7.30. The van der Waals surface area contributed by atoms with Crippen LogP contribution in [0.1, 0.15) is 30.4 Å². The molecule has 0 atom stereocenters. The number of rotatable bonds is 6. The van der Waals surface area contributed by atoms with Crippen LogP contribution in [-0.2, 0) is 0 Å². The van der Waals surface area contributed by atoms with Crippen LogP contribution in [0.4, 0.5) is 0 Å². The Kier molecular flexibility index (Phi) is 5.21. The van der Waals surface area contributed by atoms with Gasteiger partial charge in [-0.2, -0.15) is 0 Å². The SMILES string of the molecule is CCOc1cc(-c2ccccc2)sc1C(=O)NCC(C)(C)N. The highest BCUT2D eigenvalue weighted by atomic mass is 32.1. The fourth-order valence-corrected chi connectivity index (χ4v) is 2.95. The van der Waals surface area contributed by atoms with Crippen LogP contribution in [-0.4, -0.2) is 24.6 Å². The maximum absolute atomic E-state index is 12.4. The van der Waals surface area contributed by atoms with Gasteiger partial charge in [0.15, 0.2) is 0 Å². The van der Waals surface area contributed by atoms with Crippen LogP contribution in [0.15, 0.2) is 36.4 Å². The molecule has 0 aliphatic heterocycles. The zero-order valence-corrected chi connectivity index (χ0v) is 14.0. The fourth-order valence-electron chi connectivity index (χ4n) is 1.93. The normalized spacial score (nSPS) is 11.3. The summed E-state index contributed by atoms with van der Waals surface area (Å²) in [5, 5.41) is 2.87. The number of benzene rings is 1. The molecule has 0 saturated carbocycles. The first-order valence-corrected chi connectivity index (χ1v) is 8.11. The van der Waals surface area contributed by atoms with Crippen molar-refractivity contribution in [1.29, 1.82) is 0 Å². The van der Waals surface area contributed by atoms with Crippen molar-refractivity contribution in [2.45, 2.75) is 26.3 Å². The van der Waals surface area contributed by atoms with Crippen LogP contribution in [0.2, 0.25) is 0 Å². The fraction of sp³-hybridized carbons (Fsp3) is 0.353. The molecule has 22 heavy (non-hydrogen) atoms. The molecule has 118 valence electrons. The molecular weight excluding hydrogens is 296 g/mol. The molecular formula is C17H22N2O2S. The van der Waals surface area contributed by atoms with Crippen molar-refractivity contribution in [3.8, 4) is 16.2 Å². The Morgan fingerprint density at radius 3 is 2.59 bits per heavy atom. The summed E-state index contributed by atoms with van der Waals surface area (Å²) >= 11 is 1.43. The van der Waals surface area contributed by atoms with E-state index in [9.17, 15) is 4.79 Å². The molecule has 5 heteroatoms. The average molecular weight is 318 g/mol. The van der Waals surface area contributed by atoms with Gasteiger partial charge >= 0.3 is 0 Å². The van der Waals surface area contributed by atoms with Crippen molar-refractivity contribution < 1.29 is 9.53 Å². The van der Waals surface area contributed by atoms with Crippen molar-refractivity contribution in [2.75, 3.05) is 13.2 Å². The standard InChI is InChI=1S/C17H22N2O2S/c1-4-21-13-10-14(12-8-6-5-7-9-12)22-15(13)16(20)19-11-17(2,3)18/h5-10H,4,11,18H2,1-3H3,(H,19,20). The number of carbonyl (C=O) groups excluding carboxylic acids is 1. The van der Waals surface area contributed by atoms with E-state index in [1.54, 1.807) is 0 Å². The summed E-state index contributed by atoms with van der Waals surface area (Å²) in [5.41, 5.74) is 6.54. The second-order valence-electron chi connectivity index (χ2n) is 5.77. The molecule has 1 heterocycles. The lowest BCUT2D eigenvalue weighted by Crippen LogP contribution is -2.45. The van der Waals surface area contributed by atoms with Crippen molar-refractivity contribution in [1.82, 2.24) is 5.32 Å². The maximum atomic E-state index is 12.4. The number of amides is 1. The lowest BCUT2D eigenvalue weighted by molar-refractivity contribution is 0.0947. The monoisotopic (exact) mass is 318 g/mol. The summed E-state index contributed by atoms with van der Waals surface area (Å²) in [6, 6.07) is 11.9. The smallest absolute Gasteiger partial charge is 0.265 e. The first kappa shape index (κ1) is 16.5. The van der Waals surface area contributed by atoms with E-state index in [1.165, 1.54) is 11.3 Å². The molecule has 0 saturated heterocycles. The lowest BCUT2D eigenvalue weighted by Gasteiger charge is -2.18. The molecule has 0 bridgehead atoms. The Morgan fingerprint density at radius 1 is 1.32 bits per heavy atom. The summed E-state index contributed by atoms with van der Waals surface area (Å²) in [7, 11) is 0. The zero-order valence-electron chi connectivity index (χ0n) is 13.2. The van der Waals surface area contributed by atoms with Gasteiger partial charge in [-0.05, 0) is 32.4 Å². The zero-order chi connectivity index (χ0) is 16.2. The molecule has 4 nitrogen and oxygen atoms in total. The summed E-state index contributed by atoms with van der Waals surface area (Å²) < 4.78 is 5.61. The Balaban J connectivity index is 2.26. The van der Waals surface area contributed by atoms with Crippen LogP contribution < -0.4 is 15.8 Å². The average Bonchev–Trinajstić information content (AvgIpc) is 2.89. The highest BCUT2D eigenvalue weighted by Gasteiger charge is 2.20. The number of hydrogen-bond donors (Lipinski definition) is 2. The van der Waals surface area contributed by atoms with Crippen molar-refractivity contribution in [3.63, 3.8) is 0 Å². The molecule has 3 N–H and O–H groups in total. The second-order valence-corrected chi connectivity index (χ2v) is 6.83. The van der Waals surface area contributed by atoms with E-state index in [-0.39, 0.29) is 5.91 Å². The summed E-state index contributed by atoms with van der Waals surface area (Å²) in [4.78, 5) is 14.0. The van der Waals surface area contributed by atoms with E-state index in [0.717, 1.165) is 10.4 Å². The van der Waals surface area contributed by atoms with Gasteiger partial charge in [-0.3, -0.25) is 4.79 Å². The van der Waals surface area contributed by atoms with E-state index in [4.69, 9.17) is 10.5 Å². The molecule has 0 aliphatic carbocycles. The number of thiophene rings is 1. The number of carbonyl (C=O) groups is 1. The molecule has 0 unspecified atom stereocenters. The van der Waals surface area contributed by atoms with E-state index in [1.807, 2.05) is 57.2 Å². The van der Waals surface area contributed by atoms with Gasteiger partial charge in [-0.15, -0.1) is 11.3 Å². The van der Waals surface area contributed by atoms with Gasteiger partial charge in [0.05, 0.1) is 6.61 Å². The molecule has 1 aromatic heterocycles. The van der Waals surface area contributed by atoms with E-state index < -0.39 is 5.54 Å². The first-order chi connectivity index (χ1) is 10.4. The van der Waals surface area contributed by atoms with Crippen LogP contribution in [0.5, 0.6) is 5.75 Å². The van der Waals surface area contributed by atoms with Crippen molar-refractivity contribution in [3.05, 3.63) is 41.3 Å². The Labute approximate surface area is 135 Å². The quantitative estimate of drug-likeness (QED) is 0.859. The van der Waals surface area contributed by atoms with Crippen LogP contribution in [0, 0.1) is 0 Å². The Bertz CT molecular complexity index is 630. The molecule has 0 radical (unpaired) electrons. The lowest BCUT2D eigenvalue weighted by atomic mass is 10.1. The van der Waals surface area contributed by atoms with Gasteiger partial charge in [0.1, 0.15) is 10.6 Å². The van der Waals surface area contributed by atoms with Gasteiger partial charge in [-0.1, -0.05) is 30.3 Å². The highest BCUT2D eigenvalue weighted by Crippen LogP contribution is 2.36. The molecule has 0 fully saturated rings. The van der Waals surface area contributed by atoms with E-state index in [2.05, 4.69) is 5.32 Å². The molecule has 0 aliphatic rings. The second kappa shape index (κ2) is 6.94. The summed E-state index contributed by atoms with van der Waals surface area (Å²) in [5.74, 6) is 0.479. The molecule has 1 amide bonds. The van der Waals surface area contributed by atoms with Gasteiger partial charge in [-0.25, -0.2) is 0 Å². The highest BCUT2D eigenvalue weighted by molar-refractivity contribution is 7.17. The minimum Gasteiger partial charge on any atom is -0.492 e. The maximum Gasteiger partial charge on any atom is 0.265 e.